The Labute approximate surface area is 264 Å². The maximum absolute atomic E-state index is 14.8. The van der Waals surface area contributed by atoms with E-state index in [2.05, 4.69) is 10.6 Å². The van der Waals surface area contributed by atoms with Gasteiger partial charge in [-0.3, -0.25) is 9.59 Å². The van der Waals surface area contributed by atoms with Gasteiger partial charge in [0.05, 0.1) is 12.0 Å². The van der Waals surface area contributed by atoms with Crippen LogP contribution in [0.4, 0.5) is 4.39 Å². The molecule has 3 aromatic carbocycles. The first-order valence-corrected chi connectivity index (χ1v) is 15.0. The Hall–Kier alpha value is -4.50. The van der Waals surface area contributed by atoms with Crippen molar-refractivity contribution in [3.63, 3.8) is 0 Å². The summed E-state index contributed by atoms with van der Waals surface area (Å²) in [4.78, 5) is 40.1. The fraction of sp³-hybridized carbons (Fsp3) is 0.361. The molecule has 0 aromatic heterocycles. The second kappa shape index (κ2) is 14.1. The summed E-state index contributed by atoms with van der Waals surface area (Å²) in [6.07, 6.45) is 2.18. The van der Waals surface area contributed by atoms with E-state index in [1.54, 1.807) is 56.3 Å². The fourth-order valence-electron chi connectivity index (χ4n) is 5.01. The third-order valence-corrected chi connectivity index (χ3v) is 7.39. The molecule has 0 spiro atoms. The number of nitrogens with one attached hydrogen (secondary N) is 2. The quantitative estimate of drug-likeness (QED) is 0.232. The van der Waals surface area contributed by atoms with E-state index in [-0.39, 0.29) is 24.1 Å². The van der Waals surface area contributed by atoms with E-state index in [1.807, 2.05) is 64.1 Å². The van der Waals surface area contributed by atoms with Crippen LogP contribution in [-0.2, 0) is 23.9 Å². The SMILES string of the molecule is C[C@@H](NC(=O)[C@@H](NC(=O)[C@H](C/C=C/c1ccc(Oc2ccccc2)c(F)c1)[C@@H]1OC(C)(C)OC1=O)C(C)(C)C)c1ccccc1. The zero-order valence-corrected chi connectivity index (χ0v) is 26.5. The van der Waals surface area contributed by atoms with Crippen molar-refractivity contribution in [1.82, 2.24) is 10.6 Å². The molecule has 0 radical (unpaired) electrons. The molecule has 238 valence electrons. The van der Waals surface area contributed by atoms with Crippen LogP contribution in [0.25, 0.3) is 6.08 Å². The van der Waals surface area contributed by atoms with Gasteiger partial charge < -0.3 is 24.8 Å². The second-order valence-electron chi connectivity index (χ2n) is 12.7. The summed E-state index contributed by atoms with van der Waals surface area (Å²) in [5.74, 6) is -3.77. The number of cyclic esters (lactones) is 1. The van der Waals surface area contributed by atoms with Gasteiger partial charge in [-0.1, -0.05) is 87.5 Å². The minimum absolute atomic E-state index is 0.0600. The van der Waals surface area contributed by atoms with Crippen molar-refractivity contribution in [2.45, 2.75) is 71.9 Å². The molecule has 2 N–H and O–H groups in total. The summed E-state index contributed by atoms with van der Waals surface area (Å²) in [6.45, 7) is 10.6. The Morgan fingerprint density at radius 1 is 0.978 bits per heavy atom. The average molecular weight is 617 g/mol. The first-order valence-electron chi connectivity index (χ1n) is 15.0. The number of rotatable bonds is 11. The minimum atomic E-state index is -1.21. The van der Waals surface area contributed by atoms with E-state index < -0.39 is 47.0 Å². The molecule has 4 rings (SSSR count). The maximum atomic E-state index is 14.8. The number of amides is 2. The highest BCUT2D eigenvalue weighted by atomic mass is 19.1. The van der Waals surface area contributed by atoms with Crippen LogP contribution in [-0.4, -0.2) is 35.7 Å². The Morgan fingerprint density at radius 3 is 2.20 bits per heavy atom. The van der Waals surface area contributed by atoms with Crippen molar-refractivity contribution in [2.75, 3.05) is 0 Å². The molecule has 2 amide bonds. The van der Waals surface area contributed by atoms with Crippen LogP contribution < -0.4 is 15.4 Å². The van der Waals surface area contributed by atoms with E-state index in [9.17, 15) is 18.8 Å². The van der Waals surface area contributed by atoms with E-state index in [0.717, 1.165) is 5.56 Å². The number of para-hydroxylation sites is 1. The summed E-state index contributed by atoms with van der Waals surface area (Å²) >= 11 is 0. The molecule has 45 heavy (non-hydrogen) atoms. The lowest BCUT2D eigenvalue weighted by Gasteiger charge is -2.33. The van der Waals surface area contributed by atoms with Gasteiger partial charge in [0.2, 0.25) is 17.6 Å². The Balaban J connectivity index is 1.51. The van der Waals surface area contributed by atoms with Crippen molar-refractivity contribution < 1.29 is 33.0 Å². The summed E-state index contributed by atoms with van der Waals surface area (Å²) in [5.41, 5.74) is 0.797. The van der Waals surface area contributed by atoms with E-state index in [0.29, 0.717) is 11.3 Å². The summed E-state index contributed by atoms with van der Waals surface area (Å²) in [5, 5.41) is 5.87. The van der Waals surface area contributed by atoms with E-state index >= 15 is 0 Å². The number of benzene rings is 3. The van der Waals surface area contributed by atoms with Crippen molar-refractivity contribution >= 4 is 23.9 Å². The molecule has 9 heteroatoms. The lowest BCUT2D eigenvalue weighted by Crippen LogP contribution is -2.56. The standard InChI is InChI=1S/C36H41FN2O6/c1-23(25-15-9-7-10-16-25)38-33(41)31(35(2,3)4)39-32(40)27(30-34(42)45-36(5,6)44-30)19-13-14-24-20-21-29(28(37)22-24)43-26-17-11-8-12-18-26/h7-18,20-23,27,30-31H,19H2,1-6H3,(H,38,41)(H,39,40)/b14-13+/t23-,27-,30+,31-/m1/s1. The van der Waals surface area contributed by atoms with Crippen molar-refractivity contribution in [3.05, 3.63) is 102 Å². The predicted molar refractivity (Wildman–Crippen MR) is 169 cm³/mol. The molecule has 1 fully saturated rings. The first kappa shape index (κ1) is 33.4. The van der Waals surface area contributed by atoms with Gasteiger partial charge >= 0.3 is 5.97 Å². The second-order valence-corrected chi connectivity index (χ2v) is 12.7. The molecule has 8 nitrogen and oxygen atoms in total. The lowest BCUT2D eigenvalue weighted by atomic mass is 9.85. The van der Waals surface area contributed by atoms with Crippen molar-refractivity contribution in [1.29, 1.82) is 0 Å². The number of ether oxygens (including phenoxy) is 3. The molecule has 1 saturated heterocycles. The smallest absolute Gasteiger partial charge is 0.338 e. The predicted octanol–water partition coefficient (Wildman–Crippen LogP) is 6.72. The zero-order valence-electron chi connectivity index (χ0n) is 26.5. The highest BCUT2D eigenvalue weighted by Gasteiger charge is 2.48. The number of allylic oxidation sites excluding steroid dienone is 1. The molecular formula is C36H41FN2O6. The van der Waals surface area contributed by atoms with Crippen LogP contribution in [0.2, 0.25) is 0 Å². The van der Waals surface area contributed by atoms with Crippen LogP contribution in [0.3, 0.4) is 0 Å². The summed E-state index contributed by atoms with van der Waals surface area (Å²) in [7, 11) is 0. The Morgan fingerprint density at radius 2 is 1.62 bits per heavy atom. The molecule has 0 aliphatic carbocycles. The first-order chi connectivity index (χ1) is 21.2. The van der Waals surface area contributed by atoms with Crippen LogP contribution >= 0.6 is 0 Å². The van der Waals surface area contributed by atoms with Gasteiger partial charge in [-0.05, 0) is 54.2 Å². The molecule has 3 aromatic rings. The van der Waals surface area contributed by atoms with Crippen molar-refractivity contribution in [2.24, 2.45) is 11.3 Å². The maximum Gasteiger partial charge on any atom is 0.338 e. The Bertz CT molecular complexity index is 1520. The van der Waals surface area contributed by atoms with Gasteiger partial charge in [-0.2, -0.15) is 0 Å². The molecular weight excluding hydrogens is 575 g/mol. The van der Waals surface area contributed by atoms with Crippen molar-refractivity contribution in [3.8, 4) is 11.5 Å². The van der Waals surface area contributed by atoms with Crippen LogP contribution in [0.15, 0.2) is 84.9 Å². The average Bonchev–Trinajstić information content (AvgIpc) is 3.26. The summed E-state index contributed by atoms with van der Waals surface area (Å²) < 4.78 is 31.6. The number of carbonyl (C=O) groups excluding carboxylic acids is 3. The van der Waals surface area contributed by atoms with Gasteiger partial charge in [0.15, 0.2) is 17.7 Å². The van der Waals surface area contributed by atoms with Crippen LogP contribution in [0, 0.1) is 17.2 Å². The normalized spacial score (nSPS) is 18.1. The molecule has 1 aliphatic rings. The van der Waals surface area contributed by atoms with Gasteiger partial charge in [0, 0.05) is 13.8 Å². The molecule has 0 bridgehead atoms. The van der Waals surface area contributed by atoms with E-state index in [1.165, 1.54) is 12.1 Å². The molecule has 1 heterocycles. The van der Waals surface area contributed by atoms with Gasteiger partial charge in [-0.15, -0.1) is 0 Å². The van der Waals surface area contributed by atoms with E-state index in [4.69, 9.17) is 14.2 Å². The molecule has 4 atom stereocenters. The zero-order chi connectivity index (χ0) is 32.8. The van der Waals surface area contributed by atoms with Crippen LogP contribution in [0.5, 0.6) is 11.5 Å². The molecule has 1 aliphatic heterocycles. The monoisotopic (exact) mass is 616 g/mol. The lowest BCUT2D eigenvalue weighted by molar-refractivity contribution is -0.162. The minimum Gasteiger partial charge on any atom is -0.454 e. The molecule has 0 unspecified atom stereocenters. The highest BCUT2D eigenvalue weighted by Crippen LogP contribution is 2.31. The number of carbonyl (C=O) groups is 3. The largest absolute Gasteiger partial charge is 0.454 e. The third kappa shape index (κ3) is 9.01. The highest BCUT2D eigenvalue weighted by molar-refractivity contribution is 5.92. The number of hydrogen-bond donors (Lipinski definition) is 2. The van der Waals surface area contributed by atoms with Gasteiger partial charge in [0.1, 0.15) is 11.8 Å². The molecule has 0 saturated carbocycles. The topological polar surface area (TPSA) is 103 Å². The fourth-order valence-corrected chi connectivity index (χ4v) is 5.01. The van der Waals surface area contributed by atoms with Gasteiger partial charge in [0.25, 0.3) is 0 Å². The number of esters is 1. The number of halogens is 1. The number of hydrogen-bond acceptors (Lipinski definition) is 6. The summed E-state index contributed by atoms with van der Waals surface area (Å²) in [6, 6.07) is 21.7. The van der Waals surface area contributed by atoms with Crippen LogP contribution in [0.1, 0.15) is 65.1 Å². The van der Waals surface area contributed by atoms with Gasteiger partial charge in [-0.25, -0.2) is 9.18 Å². The Kier molecular flexibility index (Phi) is 10.4. The third-order valence-electron chi connectivity index (χ3n) is 7.39.